The molecule has 0 nitrogen and oxygen atoms in total. The van der Waals surface area contributed by atoms with E-state index in [2.05, 4.69) is 158 Å². The van der Waals surface area contributed by atoms with Gasteiger partial charge >= 0.3 is 287 Å². The van der Waals surface area contributed by atoms with Crippen molar-refractivity contribution in [2.75, 3.05) is 12.3 Å². The van der Waals surface area contributed by atoms with Crippen molar-refractivity contribution in [1.82, 2.24) is 0 Å². The summed E-state index contributed by atoms with van der Waals surface area (Å²) >= 11 is 0. The summed E-state index contributed by atoms with van der Waals surface area (Å²) in [7, 11) is -4.05. The van der Waals surface area contributed by atoms with Crippen LogP contribution in [0.1, 0.15) is 70.6 Å². The van der Waals surface area contributed by atoms with Crippen LogP contribution in [0.3, 0.4) is 0 Å². The van der Waals surface area contributed by atoms with E-state index in [-0.39, 0.29) is 0 Å². The van der Waals surface area contributed by atoms with Crippen LogP contribution in [0.4, 0.5) is 0 Å². The number of rotatable bonds is 16. The quantitative estimate of drug-likeness (QED) is 0.0832. The second-order valence-corrected chi connectivity index (χ2v) is 21.8. The Morgan fingerprint density at radius 1 is 0.362 bits per heavy atom. The normalized spacial score (nSPS) is 15.6. The Morgan fingerprint density at radius 2 is 0.660 bits per heavy atom. The second kappa shape index (κ2) is 17.2. The molecule has 0 saturated heterocycles. The summed E-state index contributed by atoms with van der Waals surface area (Å²) in [5, 5.41) is 9.76. The molecular formula is C45H54P2. The zero-order chi connectivity index (χ0) is 32.0. The Labute approximate surface area is 286 Å². The van der Waals surface area contributed by atoms with Gasteiger partial charge in [-0.2, -0.15) is 0 Å². The van der Waals surface area contributed by atoms with Gasteiger partial charge < -0.3 is 0 Å². The fourth-order valence-corrected chi connectivity index (χ4v) is 18.9. The Bertz CT molecular complexity index is 1430. The van der Waals surface area contributed by atoms with Gasteiger partial charge in [0.05, 0.1) is 0 Å². The molecule has 6 rings (SSSR count). The second-order valence-electron chi connectivity index (χ2n) is 13.6. The molecule has 0 heterocycles. The van der Waals surface area contributed by atoms with Crippen molar-refractivity contribution in [3.05, 3.63) is 168 Å². The fraction of sp³-hybridized carbons (Fsp3) is 0.289. The summed E-state index contributed by atoms with van der Waals surface area (Å²) in [5.41, 5.74) is 0. The molecule has 0 N–H and O–H groups in total. The molecule has 0 aromatic heterocycles. The molecular weight excluding hydrogens is 602 g/mol. The third-order valence-electron chi connectivity index (χ3n) is 10.8. The molecule has 4 aromatic carbocycles. The van der Waals surface area contributed by atoms with E-state index in [9.17, 15) is 0 Å². The first kappa shape index (κ1) is 33.6. The van der Waals surface area contributed by atoms with E-state index in [0.717, 1.165) is 0 Å². The number of hydrogen-bond acceptors (Lipinski definition) is 0. The summed E-state index contributed by atoms with van der Waals surface area (Å²) in [6.45, 7) is 0. The van der Waals surface area contributed by atoms with Crippen LogP contribution in [0.5, 0.6) is 0 Å². The van der Waals surface area contributed by atoms with Gasteiger partial charge in [0.15, 0.2) is 0 Å². The number of benzene rings is 4. The van der Waals surface area contributed by atoms with Crippen LogP contribution in [0, 0.1) is 0 Å². The van der Waals surface area contributed by atoms with Gasteiger partial charge in [-0.1, -0.05) is 0 Å². The van der Waals surface area contributed by atoms with Crippen LogP contribution < -0.4 is 21.2 Å². The molecule has 2 aliphatic rings. The van der Waals surface area contributed by atoms with Crippen LogP contribution in [-0.2, 0) is 0 Å². The molecule has 244 valence electrons. The molecule has 0 aliphatic heterocycles. The molecule has 0 radical (unpaired) electrons. The van der Waals surface area contributed by atoms with Gasteiger partial charge in [0.2, 0.25) is 0 Å². The van der Waals surface area contributed by atoms with Gasteiger partial charge in [0.1, 0.15) is 0 Å². The molecule has 47 heavy (non-hydrogen) atoms. The number of allylic oxidation sites excluding steroid dienone is 8. The van der Waals surface area contributed by atoms with Gasteiger partial charge in [-0.3, -0.25) is 0 Å². The van der Waals surface area contributed by atoms with Crippen molar-refractivity contribution in [1.29, 1.82) is 0 Å². The molecule has 0 bridgehead atoms. The molecule has 2 heteroatoms. The third kappa shape index (κ3) is 7.89. The number of hydrogen-bond donors (Lipinski definition) is 0. The Kier molecular flexibility index (Phi) is 12.3. The molecule has 4 aromatic rings. The van der Waals surface area contributed by atoms with E-state index >= 15 is 0 Å². The van der Waals surface area contributed by atoms with E-state index in [1.165, 1.54) is 83.0 Å². The van der Waals surface area contributed by atoms with Crippen LogP contribution >= 0.6 is 14.5 Å². The monoisotopic (exact) mass is 656 g/mol. The molecule has 2 aliphatic carbocycles. The number of unbranched alkanes of at least 4 members (excludes halogenated alkanes) is 6. The van der Waals surface area contributed by atoms with Crippen molar-refractivity contribution in [2.24, 2.45) is 0 Å². The van der Waals surface area contributed by atoms with Crippen LogP contribution in [0.2, 0.25) is 0 Å². The van der Waals surface area contributed by atoms with Gasteiger partial charge in [0.25, 0.3) is 0 Å². The summed E-state index contributed by atoms with van der Waals surface area (Å²) in [4.78, 5) is 0. The zero-order valence-corrected chi connectivity index (χ0v) is 30.2. The van der Waals surface area contributed by atoms with Gasteiger partial charge in [-0.05, 0) is 0 Å². The van der Waals surface area contributed by atoms with Crippen LogP contribution in [0.15, 0.2) is 168 Å². The first-order valence-corrected chi connectivity index (χ1v) is 22.7. The molecule has 0 saturated carbocycles. The predicted molar refractivity (Wildman–Crippen MR) is 216 cm³/mol. The Hall–Kier alpha value is -3.30. The predicted octanol–water partition coefficient (Wildman–Crippen LogP) is 11.0. The van der Waals surface area contributed by atoms with E-state index in [0.29, 0.717) is 0 Å². The molecule has 0 spiro atoms. The van der Waals surface area contributed by atoms with E-state index in [1.807, 2.05) is 0 Å². The van der Waals surface area contributed by atoms with E-state index < -0.39 is 14.5 Å². The third-order valence-corrected chi connectivity index (χ3v) is 21.3. The minimum absolute atomic E-state index is 1.17. The van der Waals surface area contributed by atoms with Gasteiger partial charge in [-0.15, -0.1) is 0 Å². The molecule has 0 amide bonds. The fourth-order valence-electron chi connectivity index (χ4n) is 8.44. The maximum absolute atomic E-state index is 2.48. The summed E-state index contributed by atoms with van der Waals surface area (Å²) in [6, 6.07) is 46.2. The Morgan fingerprint density at radius 3 is 0.936 bits per heavy atom. The average Bonchev–Trinajstić information content (AvgIpc) is 3.16. The van der Waals surface area contributed by atoms with Crippen LogP contribution in [0.25, 0.3) is 0 Å². The summed E-state index contributed by atoms with van der Waals surface area (Å²) in [5.74, 6) is 0. The van der Waals surface area contributed by atoms with Crippen molar-refractivity contribution in [2.45, 2.75) is 70.6 Å². The van der Waals surface area contributed by atoms with Crippen molar-refractivity contribution in [3.8, 4) is 0 Å². The van der Waals surface area contributed by atoms with Gasteiger partial charge in [-0.25, -0.2) is 0 Å². The SMILES string of the molecule is C1=CCCC([PH](CCCCCCCCC[PH](C2=CC=CCC2)(c2ccccc2)c2ccccc2)(c2ccccc2)c2ccccc2)=C1. The summed E-state index contributed by atoms with van der Waals surface area (Å²) in [6.07, 6.45) is 31.0. The van der Waals surface area contributed by atoms with E-state index in [1.54, 1.807) is 31.8 Å². The van der Waals surface area contributed by atoms with E-state index in [4.69, 9.17) is 0 Å². The molecule has 0 fully saturated rings. The minimum atomic E-state index is -2.03. The van der Waals surface area contributed by atoms with Crippen molar-refractivity contribution < 1.29 is 0 Å². The topological polar surface area (TPSA) is 0 Å². The maximum atomic E-state index is 2.48. The summed E-state index contributed by atoms with van der Waals surface area (Å²) < 4.78 is 0. The van der Waals surface area contributed by atoms with Crippen molar-refractivity contribution in [3.63, 3.8) is 0 Å². The molecule has 0 atom stereocenters. The average molecular weight is 657 g/mol. The first-order valence-electron chi connectivity index (χ1n) is 18.3. The Balaban J connectivity index is 1.08. The van der Waals surface area contributed by atoms with Gasteiger partial charge in [0, 0.05) is 0 Å². The van der Waals surface area contributed by atoms with Crippen molar-refractivity contribution >= 4 is 35.7 Å². The standard InChI is InChI=1S/C45H54P2/c1(2-4-24-38-46(40-26-12-6-13-27-40,41-28-14-7-15-29-41)42-30-16-8-17-31-42)3-5-25-39-47(43-32-18-9-19-33-43,44-34-20-10-21-35-44)45-36-22-11-23-37-45/h6-16,18-22,26-30,32-36,46-47H,1-5,17,23-25,31,37-39H2. The van der Waals surface area contributed by atoms with Crippen LogP contribution in [-0.4, -0.2) is 12.3 Å². The molecule has 0 unspecified atom stereocenters. The zero-order valence-electron chi connectivity index (χ0n) is 28.2. The first-order chi connectivity index (χ1) is 23.3.